The Bertz CT molecular complexity index is 1140. The summed E-state index contributed by atoms with van der Waals surface area (Å²) in [6.07, 6.45) is 0. The van der Waals surface area contributed by atoms with Crippen molar-refractivity contribution >= 4 is 21.5 Å². The Morgan fingerprint density at radius 3 is 2.00 bits per heavy atom. The number of amidine groups is 1. The maximum Gasteiger partial charge on any atom is 0.270 e. The highest BCUT2D eigenvalue weighted by Crippen LogP contribution is 2.31. The molecule has 140 valence electrons. The molecule has 0 fully saturated rings. The number of sulfonamides is 1. The Balaban J connectivity index is 1.86. The Hall–Kier alpha value is -3.52. The van der Waals surface area contributed by atoms with E-state index in [-0.39, 0.29) is 16.4 Å². The molecular weight excluding hydrogens is 378 g/mol. The van der Waals surface area contributed by atoms with Crippen LogP contribution in [0.1, 0.15) is 22.7 Å². The summed E-state index contributed by atoms with van der Waals surface area (Å²) in [4.78, 5) is 14.9. The van der Waals surface area contributed by atoms with E-state index in [1.54, 1.807) is 0 Å². The summed E-state index contributed by atoms with van der Waals surface area (Å²) < 4.78 is 27.4. The molecule has 0 saturated carbocycles. The van der Waals surface area contributed by atoms with E-state index in [0.29, 0.717) is 5.56 Å². The van der Waals surface area contributed by atoms with Crippen LogP contribution in [0.15, 0.2) is 88.8 Å². The molecule has 0 amide bonds. The van der Waals surface area contributed by atoms with Gasteiger partial charge in [0, 0.05) is 17.7 Å². The fraction of sp³-hybridized carbons (Fsp3) is 0.0500. The minimum Gasteiger partial charge on any atom is -0.263 e. The lowest BCUT2D eigenvalue weighted by Gasteiger charge is -2.15. The van der Waals surface area contributed by atoms with Crippen LogP contribution in [0.25, 0.3) is 0 Å². The summed E-state index contributed by atoms with van der Waals surface area (Å²) in [6, 6.07) is 22.3. The Labute approximate surface area is 161 Å². The van der Waals surface area contributed by atoms with Crippen molar-refractivity contribution in [2.24, 2.45) is 4.99 Å². The molecule has 0 unspecified atom stereocenters. The first-order chi connectivity index (χ1) is 13.5. The predicted octanol–water partition coefficient (Wildman–Crippen LogP) is 3.42. The Morgan fingerprint density at radius 2 is 1.46 bits per heavy atom. The van der Waals surface area contributed by atoms with E-state index in [1.165, 1.54) is 12.1 Å². The van der Waals surface area contributed by atoms with E-state index in [9.17, 15) is 18.5 Å². The van der Waals surface area contributed by atoms with Crippen LogP contribution in [0.3, 0.4) is 0 Å². The highest BCUT2D eigenvalue weighted by atomic mass is 32.2. The van der Waals surface area contributed by atoms with Crippen molar-refractivity contribution in [1.29, 1.82) is 0 Å². The van der Waals surface area contributed by atoms with Gasteiger partial charge in [0.05, 0.1) is 4.92 Å². The van der Waals surface area contributed by atoms with Gasteiger partial charge >= 0.3 is 0 Å². The van der Waals surface area contributed by atoms with Crippen LogP contribution in [0.5, 0.6) is 0 Å². The van der Waals surface area contributed by atoms with Crippen LogP contribution in [0.4, 0.5) is 5.69 Å². The van der Waals surface area contributed by atoms with E-state index in [0.717, 1.165) is 17.2 Å². The summed E-state index contributed by atoms with van der Waals surface area (Å²) >= 11 is 0. The molecule has 1 N–H and O–H groups in total. The van der Waals surface area contributed by atoms with Gasteiger partial charge in [-0.05, 0) is 17.2 Å². The second-order valence-electron chi connectivity index (χ2n) is 6.24. The van der Waals surface area contributed by atoms with Crippen LogP contribution >= 0.6 is 0 Å². The number of aliphatic imine (C=N–C) groups is 1. The first-order valence-corrected chi connectivity index (χ1v) is 9.93. The lowest BCUT2D eigenvalue weighted by Crippen LogP contribution is -2.23. The number of nitrogens with zero attached hydrogens (tertiary/aromatic N) is 2. The molecule has 1 aliphatic rings. The quantitative estimate of drug-likeness (QED) is 0.542. The van der Waals surface area contributed by atoms with Crippen LogP contribution < -0.4 is 4.72 Å². The minimum atomic E-state index is -3.91. The summed E-state index contributed by atoms with van der Waals surface area (Å²) in [5, 5.41) is 11.0. The zero-order chi connectivity index (χ0) is 19.7. The molecule has 8 heteroatoms. The third-order valence-corrected chi connectivity index (χ3v) is 5.82. The molecule has 1 aliphatic heterocycles. The average molecular weight is 393 g/mol. The molecular formula is C20H15N3O4S. The van der Waals surface area contributed by atoms with Gasteiger partial charge in [-0.15, -0.1) is 0 Å². The number of non-ortho nitro benzene ring substituents is 1. The molecule has 0 bridgehead atoms. The van der Waals surface area contributed by atoms with Gasteiger partial charge in [0.15, 0.2) is 0 Å². The van der Waals surface area contributed by atoms with Crippen LogP contribution in [-0.2, 0) is 10.0 Å². The van der Waals surface area contributed by atoms with Crippen molar-refractivity contribution in [1.82, 2.24) is 4.72 Å². The molecule has 1 heterocycles. The number of hydrogen-bond acceptors (Lipinski definition) is 5. The molecule has 0 radical (unpaired) electrons. The van der Waals surface area contributed by atoms with Crippen molar-refractivity contribution in [3.63, 3.8) is 0 Å². The molecule has 0 aliphatic carbocycles. The summed E-state index contributed by atoms with van der Waals surface area (Å²) in [7, 11) is -3.91. The van der Waals surface area contributed by atoms with E-state index < -0.39 is 21.0 Å². The third-order valence-electron chi connectivity index (χ3n) is 4.44. The third kappa shape index (κ3) is 3.25. The number of nitro groups is 1. The van der Waals surface area contributed by atoms with Gasteiger partial charge in [0.1, 0.15) is 16.8 Å². The fourth-order valence-corrected chi connectivity index (χ4v) is 4.37. The van der Waals surface area contributed by atoms with E-state index in [4.69, 9.17) is 0 Å². The largest absolute Gasteiger partial charge is 0.270 e. The molecule has 3 aromatic rings. The SMILES string of the molecule is O=[N+]([O-])c1ccc2c(c1)S(=O)(=O)NC2=NC(c1ccccc1)c1ccccc1. The monoisotopic (exact) mass is 393 g/mol. The zero-order valence-electron chi connectivity index (χ0n) is 14.5. The van der Waals surface area contributed by atoms with Crippen molar-refractivity contribution < 1.29 is 13.3 Å². The summed E-state index contributed by atoms with van der Waals surface area (Å²) in [5.74, 6) is 0.169. The number of benzene rings is 3. The first-order valence-electron chi connectivity index (χ1n) is 8.45. The highest BCUT2D eigenvalue weighted by molar-refractivity contribution is 7.90. The number of nitro benzene ring substituents is 1. The Kier molecular flexibility index (Phi) is 4.40. The van der Waals surface area contributed by atoms with Gasteiger partial charge in [0.25, 0.3) is 15.7 Å². The maximum absolute atomic E-state index is 12.5. The zero-order valence-corrected chi connectivity index (χ0v) is 15.3. The average Bonchev–Trinajstić information content (AvgIpc) is 2.97. The van der Waals surface area contributed by atoms with Gasteiger partial charge in [-0.25, -0.2) is 8.42 Å². The normalized spacial score (nSPS) is 16.0. The predicted molar refractivity (Wildman–Crippen MR) is 105 cm³/mol. The fourth-order valence-electron chi connectivity index (χ4n) is 3.12. The molecule has 3 aromatic carbocycles. The number of nitrogens with one attached hydrogen (secondary N) is 1. The molecule has 0 spiro atoms. The minimum absolute atomic E-state index is 0.139. The summed E-state index contributed by atoms with van der Waals surface area (Å²) in [5.41, 5.74) is 1.84. The van der Waals surface area contributed by atoms with E-state index in [2.05, 4.69) is 9.71 Å². The van der Waals surface area contributed by atoms with Gasteiger partial charge < -0.3 is 0 Å². The standard InChI is InChI=1S/C20H15N3O4S/c24-23(25)16-11-12-17-18(13-16)28(26,27)22-20(17)21-19(14-7-3-1-4-8-14)15-9-5-2-6-10-15/h1-13,19H,(H,21,22). The molecule has 7 nitrogen and oxygen atoms in total. The van der Waals surface area contributed by atoms with E-state index in [1.807, 2.05) is 60.7 Å². The molecule has 0 atom stereocenters. The van der Waals surface area contributed by atoms with Crippen LogP contribution in [0.2, 0.25) is 0 Å². The van der Waals surface area contributed by atoms with Gasteiger partial charge in [-0.2, -0.15) is 0 Å². The topological polar surface area (TPSA) is 102 Å². The molecule has 4 rings (SSSR count). The van der Waals surface area contributed by atoms with Crippen LogP contribution in [0, 0.1) is 10.1 Å². The van der Waals surface area contributed by atoms with E-state index >= 15 is 0 Å². The van der Waals surface area contributed by atoms with Crippen molar-refractivity contribution in [2.75, 3.05) is 0 Å². The van der Waals surface area contributed by atoms with Gasteiger partial charge in [-0.3, -0.25) is 19.8 Å². The smallest absolute Gasteiger partial charge is 0.263 e. The van der Waals surface area contributed by atoms with Gasteiger partial charge in [-0.1, -0.05) is 60.7 Å². The highest BCUT2D eigenvalue weighted by Gasteiger charge is 2.33. The number of fused-ring (bicyclic) bond motifs is 1. The van der Waals surface area contributed by atoms with Gasteiger partial charge in [0.2, 0.25) is 0 Å². The first kappa shape index (κ1) is 17.9. The second kappa shape index (κ2) is 6.90. The number of rotatable bonds is 4. The van der Waals surface area contributed by atoms with Crippen molar-refractivity contribution in [2.45, 2.75) is 10.9 Å². The van der Waals surface area contributed by atoms with Crippen molar-refractivity contribution in [3.05, 3.63) is 106 Å². The Morgan fingerprint density at radius 1 is 0.893 bits per heavy atom. The lowest BCUT2D eigenvalue weighted by molar-refractivity contribution is -0.385. The van der Waals surface area contributed by atoms with Crippen LogP contribution in [-0.4, -0.2) is 19.2 Å². The second-order valence-corrected chi connectivity index (χ2v) is 7.90. The number of hydrogen-bond donors (Lipinski definition) is 1. The summed E-state index contributed by atoms with van der Waals surface area (Å²) in [6.45, 7) is 0. The maximum atomic E-state index is 12.5. The molecule has 0 aromatic heterocycles. The lowest BCUT2D eigenvalue weighted by atomic mass is 9.99. The molecule has 28 heavy (non-hydrogen) atoms. The van der Waals surface area contributed by atoms with Crippen molar-refractivity contribution in [3.8, 4) is 0 Å². The molecule has 0 saturated heterocycles.